The molecule has 192 valence electrons. The Balaban J connectivity index is 1.40. The molecule has 0 saturated carbocycles. The number of para-hydroxylation sites is 1. The summed E-state index contributed by atoms with van der Waals surface area (Å²) in [5.74, 6) is 0. The summed E-state index contributed by atoms with van der Waals surface area (Å²) in [7, 11) is -3.11. The maximum absolute atomic E-state index is 15.6. The summed E-state index contributed by atoms with van der Waals surface area (Å²) >= 11 is 0. The maximum Gasteiger partial charge on any atom is 0.172 e. The van der Waals surface area contributed by atoms with Crippen LogP contribution in [0.15, 0.2) is 146 Å². The van der Waals surface area contributed by atoms with Gasteiger partial charge >= 0.3 is 0 Å². The summed E-state index contributed by atoms with van der Waals surface area (Å²) in [4.78, 5) is 0. The van der Waals surface area contributed by atoms with Crippen molar-refractivity contribution >= 4 is 66.4 Å². The topological polar surface area (TPSA) is 22.0 Å². The molecule has 9 rings (SSSR count). The summed E-state index contributed by atoms with van der Waals surface area (Å²) in [6.45, 7) is 0. The van der Waals surface area contributed by atoms with E-state index in [2.05, 4.69) is 114 Å². The van der Waals surface area contributed by atoms with Crippen LogP contribution in [0.5, 0.6) is 0 Å². The van der Waals surface area contributed by atoms with E-state index >= 15 is 4.57 Å². The molecule has 0 radical (unpaired) electrons. The Labute approximate surface area is 237 Å². The Morgan fingerprint density at radius 1 is 0.488 bits per heavy atom. The largest absolute Gasteiger partial charge is 0.309 e. The highest BCUT2D eigenvalue weighted by Gasteiger charge is 2.42. The van der Waals surface area contributed by atoms with Crippen molar-refractivity contribution in [2.45, 2.75) is 0 Å². The van der Waals surface area contributed by atoms with Crippen molar-refractivity contribution in [3.63, 3.8) is 0 Å². The van der Waals surface area contributed by atoms with Crippen LogP contribution in [0.1, 0.15) is 0 Å². The van der Waals surface area contributed by atoms with Crippen LogP contribution in [0.2, 0.25) is 0 Å². The van der Waals surface area contributed by atoms with Gasteiger partial charge in [-0.05, 0) is 56.9 Å². The molecule has 41 heavy (non-hydrogen) atoms. The van der Waals surface area contributed by atoms with E-state index in [1.54, 1.807) is 0 Å². The van der Waals surface area contributed by atoms with Gasteiger partial charge in [0.1, 0.15) is 0 Å². The van der Waals surface area contributed by atoms with Crippen LogP contribution < -0.4 is 15.9 Å². The lowest BCUT2D eigenvalue weighted by molar-refractivity contribution is 0.593. The van der Waals surface area contributed by atoms with Crippen molar-refractivity contribution in [3.05, 3.63) is 146 Å². The van der Waals surface area contributed by atoms with Crippen molar-refractivity contribution in [2.24, 2.45) is 0 Å². The Morgan fingerprint density at radius 3 is 2.10 bits per heavy atom. The molecule has 0 spiro atoms. The number of fused-ring (bicyclic) bond motifs is 10. The molecule has 1 unspecified atom stereocenters. The van der Waals surface area contributed by atoms with E-state index in [1.165, 1.54) is 21.5 Å². The third kappa shape index (κ3) is 3.00. The molecule has 0 saturated heterocycles. The predicted octanol–water partition coefficient (Wildman–Crippen LogP) is 8.71. The Kier molecular flexibility index (Phi) is 4.63. The van der Waals surface area contributed by atoms with Crippen LogP contribution in [0, 0.1) is 0 Å². The van der Waals surface area contributed by atoms with E-state index in [4.69, 9.17) is 0 Å². The zero-order valence-electron chi connectivity index (χ0n) is 22.2. The van der Waals surface area contributed by atoms with Crippen LogP contribution in [0.3, 0.4) is 0 Å². The fraction of sp³-hybridized carbons (Fsp3) is 0. The minimum Gasteiger partial charge on any atom is -0.309 e. The molecule has 1 aliphatic heterocycles. The van der Waals surface area contributed by atoms with Crippen molar-refractivity contribution in [1.82, 2.24) is 4.57 Å². The molecule has 0 bridgehead atoms. The number of benzene rings is 7. The standard InChI is InChI=1S/C38H24NOP/c40-41(28-11-2-1-3-12-28)36-17-9-7-14-31(36)32-22-23-35-37(38(32)41)33-15-6-8-16-34(33)39(35)27-20-21-30-26(24-27)19-18-25-10-4-5-13-29(25)30/h1-24H. The second-order valence-corrected chi connectivity index (χ2v) is 13.5. The molecular formula is C38H24NOP. The van der Waals surface area contributed by atoms with E-state index in [-0.39, 0.29) is 0 Å². The first kappa shape index (κ1) is 22.9. The normalized spacial score (nSPS) is 16.0. The van der Waals surface area contributed by atoms with E-state index in [0.29, 0.717) is 0 Å². The molecule has 0 aliphatic carbocycles. The minimum atomic E-state index is -3.11. The highest BCUT2D eigenvalue weighted by Crippen LogP contribution is 2.55. The summed E-state index contributed by atoms with van der Waals surface area (Å²) in [6.07, 6.45) is 0. The number of aromatic nitrogens is 1. The molecule has 2 heterocycles. The first-order valence-corrected chi connectivity index (χ1v) is 15.7. The lowest BCUT2D eigenvalue weighted by Gasteiger charge is -2.17. The van der Waals surface area contributed by atoms with Gasteiger partial charge in [0.2, 0.25) is 0 Å². The summed E-state index contributed by atoms with van der Waals surface area (Å²) in [5, 5.41) is 9.95. The minimum absolute atomic E-state index is 0.883. The van der Waals surface area contributed by atoms with Gasteiger partial charge in [-0.1, -0.05) is 121 Å². The Hall–Kier alpha value is -4.91. The smallest absolute Gasteiger partial charge is 0.172 e. The molecule has 8 aromatic rings. The van der Waals surface area contributed by atoms with Gasteiger partial charge in [0.25, 0.3) is 0 Å². The quantitative estimate of drug-likeness (QED) is 0.158. The van der Waals surface area contributed by atoms with Crippen molar-refractivity contribution in [2.75, 3.05) is 0 Å². The lowest BCUT2D eigenvalue weighted by Crippen LogP contribution is -2.21. The van der Waals surface area contributed by atoms with Gasteiger partial charge < -0.3 is 9.13 Å². The van der Waals surface area contributed by atoms with Crippen molar-refractivity contribution in [3.8, 4) is 16.8 Å². The van der Waals surface area contributed by atoms with Gasteiger partial charge in [0.15, 0.2) is 7.14 Å². The fourth-order valence-electron chi connectivity index (χ4n) is 7.01. The van der Waals surface area contributed by atoms with Crippen molar-refractivity contribution < 1.29 is 4.57 Å². The van der Waals surface area contributed by atoms with Gasteiger partial charge in [0.05, 0.1) is 11.0 Å². The van der Waals surface area contributed by atoms with Gasteiger partial charge in [-0.2, -0.15) is 0 Å². The third-order valence-corrected chi connectivity index (χ3v) is 12.0. The first-order chi connectivity index (χ1) is 20.2. The molecule has 3 heteroatoms. The summed E-state index contributed by atoms with van der Waals surface area (Å²) < 4.78 is 17.9. The van der Waals surface area contributed by atoms with E-state index in [9.17, 15) is 0 Å². The van der Waals surface area contributed by atoms with E-state index < -0.39 is 7.14 Å². The van der Waals surface area contributed by atoms with Gasteiger partial charge in [-0.25, -0.2) is 0 Å². The van der Waals surface area contributed by atoms with E-state index in [0.717, 1.165) is 54.5 Å². The predicted molar refractivity (Wildman–Crippen MR) is 174 cm³/mol. The molecule has 0 amide bonds. The van der Waals surface area contributed by atoms with Crippen LogP contribution in [-0.4, -0.2) is 4.57 Å². The molecule has 0 N–H and O–H groups in total. The van der Waals surface area contributed by atoms with Gasteiger partial charge in [0, 0.05) is 32.4 Å². The first-order valence-electron chi connectivity index (χ1n) is 14.0. The maximum atomic E-state index is 15.6. The zero-order valence-corrected chi connectivity index (χ0v) is 23.1. The number of rotatable bonds is 2. The third-order valence-electron chi connectivity index (χ3n) is 8.77. The van der Waals surface area contributed by atoms with Crippen molar-refractivity contribution in [1.29, 1.82) is 0 Å². The number of hydrogen-bond donors (Lipinski definition) is 0. The van der Waals surface area contributed by atoms with Crippen LogP contribution in [-0.2, 0) is 4.57 Å². The average Bonchev–Trinajstić information content (AvgIpc) is 3.51. The molecule has 2 nitrogen and oxygen atoms in total. The zero-order chi connectivity index (χ0) is 27.1. The molecule has 0 fully saturated rings. The second kappa shape index (κ2) is 8.30. The van der Waals surface area contributed by atoms with Crippen LogP contribution in [0.25, 0.3) is 60.2 Å². The number of nitrogens with zero attached hydrogens (tertiary/aromatic N) is 1. The highest BCUT2D eigenvalue weighted by atomic mass is 31.2. The Morgan fingerprint density at radius 2 is 1.20 bits per heavy atom. The van der Waals surface area contributed by atoms with Gasteiger partial charge in [-0.3, -0.25) is 0 Å². The van der Waals surface area contributed by atoms with Gasteiger partial charge in [-0.15, -0.1) is 0 Å². The molecule has 1 aromatic heterocycles. The summed E-state index contributed by atoms with van der Waals surface area (Å²) in [5.41, 5.74) is 5.45. The summed E-state index contributed by atoms with van der Waals surface area (Å²) in [6, 6.07) is 51.0. The SMILES string of the molecule is O=P1(c2ccccc2)c2ccccc2-c2ccc3c(c21)c1ccccc1n3-c1ccc2c(ccc3ccccc32)c1. The average molecular weight is 542 g/mol. The Bertz CT molecular complexity index is 2400. The number of hydrogen-bond acceptors (Lipinski definition) is 1. The van der Waals surface area contributed by atoms with Crippen LogP contribution in [0.4, 0.5) is 0 Å². The second-order valence-electron chi connectivity index (χ2n) is 10.9. The lowest BCUT2D eigenvalue weighted by atomic mass is 10.0. The molecule has 1 atom stereocenters. The van der Waals surface area contributed by atoms with Crippen LogP contribution >= 0.6 is 7.14 Å². The molecule has 1 aliphatic rings. The monoisotopic (exact) mass is 541 g/mol. The highest BCUT2D eigenvalue weighted by molar-refractivity contribution is 7.86. The fourth-order valence-corrected chi connectivity index (χ4v) is 10.3. The molecular weight excluding hydrogens is 517 g/mol. The van der Waals surface area contributed by atoms with E-state index in [1.807, 2.05) is 36.4 Å². The molecule has 7 aromatic carbocycles.